The molecule has 1 N–H and O–H groups in total. The third-order valence-electron chi connectivity index (χ3n) is 4.59. The predicted molar refractivity (Wildman–Crippen MR) is 111 cm³/mol. The minimum atomic E-state index is -0.234. The third-order valence-corrected chi connectivity index (χ3v) is 4.59. The van der Waals surface area contributed by atoms with Gasteiger partial charge in [0.1, 0.15) is 0 Å². The van der Waals surface area contributed by atoms with Gasteiger partial charge in [-0.05, 0) is 53.1 Å². The maximum atomic E-state index is 12.5. The summed E-state index contributed by atoms with van der Waals surface area (Å²) in [7, 11) is 0. The number of rotatable bonds is 5. The van der Waals surface area contributed by atoms with Crippen LogP contribution in [0.2, 0.25) is 0 Å². The summed E-state index contributed by atoms with van der Waals surface area (Å²) in [4.78, 5) is 12.5. The van der Waals surface area contributed by atoms with Gasteiger partial charge in [-0.2, -0.15) is 10.2 Å². The molecule has 0 saturated carbocycles. The predicted octanol–water partition coefficient (Wildman–Crippen LogP) is 4.24. The molecule has 3 aromatic carbocycles. The summed E-state index contributed by atoms with van der Waals surface area (Å²) in [6.07, 6.45) is 3.63. The van der Waals surface area contributed by atoms with Gasteiger partial charge in [-0.3, -0.25) is 9.48 Å². The molecule has 0 aliphatic heterocycles. The molecule has 0 atom stereocenters. The van der Waals surface area contributed by atoms with Gasteiger partial charge in [0.05, 0.1) is 12.3 Å². The van der Waals surface area contributed by atoms with E-state index in [9.17, 15) is 4.79 Å². The van der Waals surface area contributed by atoms with Crippen molar-refractivity contribution < 1.29 is 4.79 Å². The van der Waals surface area contributed by atoms with Crippen molar-refractivity contribution in [3.63, 3.8) is 0 Å². The number of nitrogens with zero attached hydrogens (tertiary/aromatic N) is 3. The van der Waals surface area contributed by atoms with Crippen LogP contribution in [0.25, 0.3) is 10.8 Å². The van der Waals surface area contributed by atoms with E-state index in [0.717, 1.165) is 22.2 Å². The maximum absolute atomic E-state index is 12.5. The highest BCUT2D eigenvalue weighted by molar-refractivity contribution is 6.03. The summed E-state index contributed by atoms with van der Waals surface area (Å²) in [5, 5.41) is 10.8. The fourth-order valence-electron chi connectivity index (χ4n) is 3.07. The molecule has 0 saturated heterocycles. The molecule has 1 amide bonds. The number of nitrogens with one attached hydrogen (secondary N) is 1. The van der Waals surface area contributed by atoms with Crippen molar-refractivity contribution >= 4 is 22.4 Å². The average molecular weight is 368 g/mol. The van der Waals surface area contributed by atoms with E-state index >= 15 is 0 Å². The molecule has 4 aromatic rings. The highest BCUT2D eigenvalue weighted by atomic mass is 16.2. The van der Waals surface area contributed by atoms with Crippen LogP contribution in [0.3, 0.4) is 0 Å². The smallest absolute Gasteiger partial charge is 0.268 e. The summed E-state index contributed by atoms with van der Waals surface area (Å²) in [6.45, 7) is 2.51. The van der Waals surface area contributed by atoms with Crippen LogP contribution in [0, 0.1) is 0 Å². The Kier molecular flexibility index (Phi) is 4.97. The van der Waals surface area contributed by atoms with Crippen molar-refractivity contribution in [3.05, 3.63) is 102 Å². The van der Waals surface area contributed by atoms with Gasteiger partial charge in [-0.15, -0.1) is 0 Å². The zero-order valence-electron chi connectivity index (χ0n) is 15.5. The number of hydrogen-bond donors (Lipinski definition) is 1. The number of carbonyl (C=O) groups excluding carboxylic acids is 1. The molecule has 0 fully saturated rings. The van der Waals surface area contributed by atoms with Crippen molar-refractivity contribution in [2.75, 3.05) is 0 Å². The van der Waals surface area contributed by atoms with Crippen molar-refractivity contribution in [2.24, 2.45) is 5.10 Å². The Morgan fingerprint density at radius 2 is 1.82 bits per heavy atom. The minimum absolute atomic E-state index is 0.234. The van der Waals surface area contributed by atoms with E-state index in [1.165, 1.54) is 5.39 Å². The molecule has 1 heterocycles. The number of benzene rings is 3. The van der Waals surface area contributed by atoms with Gasteiger partial charge in [0.15, 0.2) is 0 Å². The second-order valence-electron chi connectivity index (χ2n) is 6.60. The minimum Gasteiger partial charge on any atom is -0.268 e. The third kappa shape index (κ3) is 3.99. The summed E-state index contributed by atoms with van der Waals surface area (Å²) in [5.74, 6) is -0.234. The van der Waals surface area contributed by atoms with Crippen LogP contribution < -0.4 is 5.43 Å². The van der Waals surface area contributed by atoms with E-state index in [4.69, 9.17) is 0 Å². The topological polar surface area (TPSA) is 59.3 Å². The first-order valence-corrected chi connectivity index (χ1v) is 9.09. The molecule has 0 spiro atoms. The van der Waals surface area contributed by atoms with Gasteiger partial charge in [-0.25, -0.2) is 5.43 Å². The molecule has 28 heavy (non-hydrogen) atoms. The molecule has 1 aromatic heterocycles. The first kappa shape index (κ1) is 17.7. The first-order chi connectivity index (χ1) is 13.7. The molecule has 138 valence electrons. The van der Waals surface area contributed by atoms with Gasteiger partial charge in [0, 0.05) is 18.0 Å². The quantitative estimate of drug-likeness (QED) is 0.423. The van der Waals surface area contributed by atoms with Crippen LogP contribution in [-0.2, 0) is 6.54 Å². The van der Waals surface area contributed by atoms with E-state index in [1.54, 1.807) is 12.3 Å². The maximum Gasteiger partial charge on any atom is 0.271 e. The van der Waals surface area contributed by atoms with Crippen LogP contribution in [0.5, 0.6) is 0 Å². The van der Waals surface area contributed by atoms with Gasteiger partial charge in [-0.1, -0.05) is 48.5 Å². The standard InChI is InChI=1S/C23H20N4O/c1-17(20-11-10-19-7-2-3-8-21(19)15-20)25-26-23(28)22-9-4-6-18(14-22)16-27-13-5-12-24-27/h2-15H,16H2,1H3,(H,26,28)/b25-17+. The van der Waals surface area contributed by atoms with E-state index in [0.29, 0.717) is 12.1 Å². The van der Waals surface area contributed by atoms with Gasteiger partial charge >= 0.3 is 0 Å². The zero-order valence-corrected chi connectivity index (χ0v) is 15.5. The Bertz CT molecular complexity index is 1150. The Morgan fingerprint density at radius 3 is 2.64 bits per heavy atom. The molecule has 5 nitrogen and oxygen atoms in total. The first-order valence-electron chi connectivity index (χ1n) is 9.09. The van der Waals surface area contributed by atoms with E-state index in [-0.39, 0.29) is 5.91 Å². The Balaban J connectivity index is 1.48. The lowest BCUT2D eigenvalue weighted by Crippen LogP contribution is -2.19. The van der Waals surface area contributed by atoms with Gasteiger partial charge in [0.25, 0.3) is 5.91 Å². The van der Waals surface area contributed by atoms with Crippen LogP contribution in [0.4, 0.5) is 0 Å². The normalized spacial score (nSPS) is 11.5. The number of aromatic nitrogens is 2. The summed E-state index contributed by atoms with van der Waals surface area (Å²) in [5.41, 5.74) is 5.97. The molecule has 0 aliphatic rings. The largest absolute Gasteiger partial charge is 0.271 e. The van der Waals surface area contributed by atoms with E-state index in [1.807, 2.05) is 60.3 Å². The number of amides is 1. The van der Waals surface area contributed by atoms with Gasteiger partial charge < -0.3 is 0 Å². The second-order valence-corrected chi connectivity index (χ2v) is 6.60. The van der Waals surface area contributed by atoms with Crippen molar-refractivity contribution in [1.29, 1.82) is 0 Å². The highest BCUT2D eigenvalue weighted by Crippen LogP contribution is 2.16. The lowest BCUT2D eigenvalue weighted by Gasteiger charge is -2.07. The molecule has 0 bridgehead atoms. The lowest BCUT2D eigenvalue weighted by atomic mass is 10.0. The van der Waals surface area contributed by atoms with E-state index in [2.05, 4.69) is 39.9 Å². The van der Waals surface area contributed by atoms with Crippen molar-refractivity contribution in [3.8, 4) is 0 Å². The number of carbonyl (C=O) groups is 1. The number of fused-ring (bicyclic) bond motifs is 1. The highest BCUT2D eigenvalue weighted by Gasteiger charge is 2.07. The second kappa shape index (κ2) is 7.88. The Hall–Kier alpha value is -3.73. The van der Waals surface area contributed by atoms with Crippen LogP contribution >= 0.6 is 0 Å². The van der Waals surface area contributed by atoms with Crippen LogP contribution in [-0.4, -0.2) is 21.4 Å². The molecule has 0 aliphatic carbocycles. The van der Waals surface area contributed by atoms with Crippen LogP contribution in [0.1, 0.15) is 28.4 Å². The molecule has 5 heteroatoms. The molecular formula is C23H20N4O. The molecule has 4 rings (SSSR count). The Morgan fingerprint density at radius 1 is 0.964 bits per heavy atom. The van der Waals surface area contributed by atoms with Crippen LogP contribution in [0.15, 0.2) is 90.3 Å². The fraction of sp³-hybridized carbons (Fsp3) is 0.0870. The SMILES string of the molecule is C/C(=N\NC(=O)c1cccc(Cn2cccn2)c1)c1ccc2ccccc2c1. The van der Waals surface area contributed by atoms with Gasteiger partial charge in [0.2, 0.25) is 0 Å². The fourth-order valence-corrected chi connectivity index (χ4v) is 3.07. The van der Waals surface area contributed by atoms with E-state index < -0.39 is 0 Å². The summed E-state index contributed by atoms with van der Waals surface area (Å²) >= 11 is 0. The summed E-state index contributed by atoms with van der Waals surface area (Å²) < 4.78 is 1.82. The summed E-state index contributed by atoms with van der Waals surface area (Å²) in [6, 6.07) is 23.7. The lowest BCUT2D eigenvalue weighted by molar-refractivity contribution is 0.0954. The molecule has 0 radical (unpaired) electrons. The van der Waals surface area contributed by atoms with Crippen molar-refractivity contribution in [1.82, 2.24) is 15.2 Å². The molecule has 0 unspecified atom stereocenters. The Labute approximate surface area is 163 Å². The number of hydrazone groups is 1. The zero-order chi connectivity index (χ0) is 19.3. The average Bonchev–Trinajstić information content (AvgIpc) is 3.24. The monoisotopic (exact) mass is 368 g/mol. The number of hydrogen-bond acceptors (Lipinski definition) is 3. The van der Waals surface area contributed by atoms with Crippen molar-refractivity contribution in [2.45, 2.75) is 13.5 Å². The molecular weight excluding hydrogens is 348 g/mol.